The van der Waals surface area contributed by atoms with E-state index in [1.165, 1.54) is 6.26 Å². The summed E-state index contributed by atoms with van der Waals surface area (Å²) in [5, 5.41) is 0. The maximum Gasteiger partial charge on any atom is 0.111 e. The Morgan fingerprint density at radius 2 is 2.00 bits per heavy atom. The zero-order valence-electron chi connectivity index (χ0n) is 8.49. The van der Waals surface area contributed by atoms with Crippen molar-refractivity contribution in [1.29, 1.82) is 0 Å². The van der Waals surface area contributed by atoms with E-state index in [9.17, 15) is 0 Å². The molecule has 2 atom stereocenters. The summed E-state index contributed by atoms with van der Waals surface area (Å²) >= 11 is 0. The highest BCUT2D eigenvalue weighted by Gasteiger charge is 2.03. The van der Waals surface area contributed by atoms with Gasteiger partial charge in [0.05, 0.1) is 31.7 Å². The zero-order chi connectivity index (χ0) is 10.1. The minimum atomic E-state index is 0.00280. The van der Waals surface area contributed by atoms with Crippen LogP contribution >= 0.6 is 0 Å². The van der Waals surface area contributed by atoms with Crippen molar-refractivity contribution in [3.8, 4) is 0 Å². The number of hydrogen-bond donors (Lipinski definition) is 0. The van der Waals surface area contributed by atoms with E-state index in [4.69, 9.17) is 14.2 Å². The van der Waals surface area contributed by atoms with Crippen LogP contribution in [-0.4, -0.2) is 32.0 Å². The van der Waals surface area contributed by atoms with Crippen molar-refractivity contribution in [2.24, 2.45) is 0 Å². The molecule has 0 aliphatic heterocycles. The molecule has 0 heterocycles. The molecule has 13 heavy (non-hydrogen) atoms. The van der Waals surface area contributed by atoms with Crippen molar-refractivity contribution in [3.05, 3.63) is 19.8 Å². The van der Waals surface area contributed by atoms with E-state index in [0.717, 1.165) is 0 Å². The molecule has 2 unspecified atom stereocenters. The summed E-state index contributed by atoms with van der Waals surface area (Å²) in [6, 6.07) is 0. The van der Waals surface area contributed by atoms with Gasteiger partial charge in [0.15, 0.2) is 0 Å². The van der Waals surface area contributed by atoms with E-state index >= 15 is 0 Å². The summed E-state index contributed by atoms with van der Waals surface area (Å²) in [4.78, 5) is 0. The normalized spacial score (nSPS) is 12.9. The van der Waals surface area contributed by atoms with Crippen molar-refractivity contribution >= 4 is 0 Å². The van der Waals surface area contributed by atoms with Crippen molar-refractivity contribution in [2.45, 2.75) is 26.1 Å². The van der Waals surface area contributed by atoms with Gasteiger partial charge < -0.3 is 14.2 Å². The predicted octanol–water partition coefficient (Wildman–Crippen LogP) is 1.79. The Labute approximate surface area is 80.7 Å². The molecule has 1 radical (unpaired) electrons. The highest BCUT2D eigenvalue weighted by molar-refractivity contribution is 4.55. The Balaban J connectivity index is 3.16. The van der Waals surface area contributed by atoms with Gasteiger partial charge in [-0.25, -0.2) is 0 Å². The van der Waals surface area contributed by atoms with Crippen molar-refractivity contribution in [1.82, 2.24) is 0 Å². The second-order valence-electron chi connectivity index (χ2n) is 2.87. The fourth-order valence-corrected chi connectivity index (χ4v) is 0.876. The second kappa shape index (κ2) is 8.08. The van der Waals surface area contributed by atoms with Gasteiger partial charge >= 0.3 is 0 Å². The van der Waals surface area contributed by atoms with Crippen LogP contribution in [0.15, 0.2) is 12.8 Å². The Morgan fingerprint density at radius 3 is 2.54 bits per heavy atom. The van der Waals surface area contributed by atoms with E-state index in [0.29, 0.717) is 19.8 Å². The minimum Gasteiger partial charge on any atom is -0.499 e. The summed E-state index contributed by atoms with van der Waals surface area (Å²) in [5.41, 5.74) is 0. The Bertz CT molecular complexity index is 123. The molecule has 0 aliphatic rings. The molecular weight excluding hydrogens is 168 g/mol. The van der Waals surface area contributed by atoms with Crippen LogP contribution < -0.4 is 0 Å². The topological polar surface area (TPSA) is 27.7 Å². The molecule has 0 bridgehead atoms. The van der Waals surface area contributed by atoms with Gasteiger partial charge in [0.25, 0.3) is 0 Å². The first kappa shape index (κ1) is 12.5. The fraction of sp³-hybridized carbons (Fsp3) is 0.700. The molecule has 0 aromatic heterocycles. The van der Waals surface area contributed by atoms with E-state index in [1.54, 1.807) is 0 Å². The summed E-state index contributed by atoms with van der Waals surface area (Å²) in [5.74, 6) is 0. The molecule has 3 nitrogen and oxygen atoms in total. The Hall–Kier alpha value is -0.540. The molecule has 3 heteroatoms. The van der Waals surface area contributed by atoms with Crippen molar-refractivity contribution in [2.75, 3.05) is 19.8 Å². The maximum atomic E-state index is 5.36. The van der Waals surface area contributed by atoms with Crippen LogP contribution in [0.4, 0.5) is 0 Å². The molecule has 77 valence electrons. The van der Waals surface area contributed by atoms with Crippen molar-refractivity contribution < 1.29 is 14.2 Å². The lowest BCUT2D eigenvalue weighted by molar-refractivity contribution is -0.0329. The first-order valence-corrected chi connectivity index (χ1v) is 4.45. The highest BCUT2D eigenvalue weighted by atomic mass is 16.5. The van der Waals surface area contributed by atoms with Gasteiger partial charge in [-0.3, -0.25) is 0 Å². The van der Waals surface area contributed by atoms with Gasteiger partial charge in [-0.05, 0) is 20.8 Å². The van der Waals surface area contributed by atoms with Gasteiger partial charge in [-0.15, -0.1) is 0 Å². The van der Waals surface area contributed by atoms with Crippen molar-refractivity contribution in [3.63, 3.8) is 0 Å². The van der Waals surface area contributed by atoms with Gasteiger partial charge in [0, 0.05) is 0 Å². The van der Waals surface area contributed by atoms with E-state index in [1.807, 2.05) is 13.8 Å². The lowest BCUT2D eigenvalue weighted by Crippen LogP contribution is -2.21. The van der Waals surface area contributed by atoms with Crippen LogP contribution in [0.1, 0.15) is 13.8 Å². The third-order valence-electron chi connectivity index (χ3n) is 1.28. The summed E-state index contributed by atoms with van der Waals surface area (Å²) in [7, 11) is 0. The zero-order valence-corrected chi connectivity index (χ0v) is 8.49. The average molecular weight is 187 g/mol. The molecule has 0 saturated carbocycles. The summed E-state index contributed by atoms with van der Waals surface area (Å²) in [6.07, 6.45) is 1.49. The van der Waals surface area contributed by atoms with Gasteiger partial charge in [0.2, 0.25) is 0 Å². The monoisotopic (exact) mass is 187 g/mol. The molecule has 0 rings (SSSR count). The van der Waals surface area contributed by atoms with Crippen LogP contribution in [0.25, 0.3) is 0 Å². The van der Waals surface area contributed by atoms with Crippen LogP contribution in [0, 0.1) is 6.92 Å². The summed E-state index contributed by atoms with van der Waals surface area (Å²) < 4.78 is 15.5. The molecule has 0 saturated heterocycles. The van der Waals surface area contributed by atoms with E-state index in [-0.39, 0.29) is 12.2 Å². The van der Waals surface area contributed by atoms with E-state index < -0.39 is 0 Å². The molecule has 0 fully saturated rings. The smallest absolute Gasteiger partial charge is 0.111 e. The molecular formula is C10H19O3. The number of rotatable bonds is 8. The molecule has 0 aliphatic carbocycles. The van der Waals surface area contributed by atoms with Crippen LogP contribution in [0.3, 0.4) is 0 Å². The predicted molar refractivity (Wildman–Crippen MR) is 52.3 cm³/mol. The van der Waals surface area contributed by atoms with Gasteiger partial charge in [-0.2, -0.15) is 0 Å². The Morgan fingerprint density at radius 1 is 1.31 bits per heavy atom. The fourth-order valence-electron chi connectivity index (χ4n) is 0.876. The quantitative estimate of drug-likeness (QED) is 0.428. The lowest BCUT2D eigenvalue weighted by atomic mass is 10.4. The standard InChI is InChI=1S/C10H19O3/c1-5-11-6-7-12-8-10(4)13-9(2)3/h5,9-10H,1-2,6-8H2,3-4H3. The van der Waals surface area contributed by atoms with Crippen LogP contribution in [0.2, 0.25) is 0 Å². The minimum absolute atomic E-state index is 0.00280. The average Bonchev–Trinajstić information content (AvgIpc) is 2.02. The third-order valence-corrected chi connectivity index (χ3v) is 1.28. The van der Waals surface area contributed by atoms with E-state index in [2.05, 4.69) is 13.5 Å². The Kier molecular flexibility index (Phi) is 7.74. The number of hydrogen-bond acceptors (Lipinski definition) is 3. The SMILES string of the molecule is [CH2]C(C)OC(C)COCCOC=C. The first-order chi connectivity index (χ1) is 6.16. The molecule has 0 amide bonds. The molecule has 0 spiro atoms. The number of ether oxygens (including phenoxy) is 3. The van der Waals surface area contributed by atoms with Gasteiger partial charge in [-0.1, -0.05) is 6.58 Å². The van der Waals surface area contributed by atoms with Gasteiger partial charge in [0.1, 0.15) is 6.61 Å². The second-order valence-corrected chi connectivity index (χ2v) is 2.87. The first-order valence-electron chi connectivity index (χ1n) is 4.45. The highest BCUT2D eigenvalue weighted by Crippen LogP contribution is 1.97. The third kappa shape index (κ3) is 9.37. The van der Waals surface area contributed by atoms with Crippen LogP contribution in [-0.2, 0) is 14.2 Å². The molecule has 0 N–H and O–H groups in total. The molecule has 0 aromatic carbocycles. The maximum absolute atomic E-state index is 5.36. The molecule has 0 aromatic rings. The lowest BCUT2D eigenvalue weighted by Gasteiger charge is -2.15. The summed E-state index contributed by atoms with van der Waals surface area (Å²) in [6.45, 7) is 12.7. The largest absolute Gasteiger partial charge is 0.499 e. The van der Waals surface area contributed by atoms with Crippen LogP contribution in [0.5, 0.6) is 0 Å².